The largest absolute Gasteiger partial charge is 0.383 e. The van der Waals surface area contributed by atoms with Gasteiger partial charge in [0.25, 0.3) is 0 Å². The number of methoxy groups -OCH3 is 2. The number of hydrogen-bond acceptors (Lipinski definition) is 5. The third-order valence-electron chi connectivity index (χ3n) is 2.91. The summed E-state index contributed by atoms with van der Waals surface area (Å²) in [6.07, 6.45) is 1.70. The Morgan fingerprint density at radius 2 is 2.16 bits per heavy atom. The molecular formula is C14H22N2O3. The van der Waals surface area contributed by atoms with Crippen molar-refractivity contribution in [2.75, 3.05) is 38.9 Å². The van der Waals surface area contributed by atoms with Gasteiger partial charge in [-0.05, 0) is 26.0 Å². The molecule has 5 nitrogen and oxygen atoms in total. The van der Waals surface area contributed by atoms with E-state index in [4.69, 9.17) is 9.47 Å². The number of hydrogen-bond donors (Lipinski definition) is 0. The summed E-state index contributed by atoms with van der Waals surface area (Å²) in [7, 11) is 3.32. The first kappa shape index (κ1) is 15.6. The van der Waals surface area contributed by atoms with Crippen molar-refractivity contribution in [2.24, 2.45) is 0 Å². The molecule has 106 valence electrons. The van der Waals surface area contributed by atoms with Gasteiger partial charge < -0.3 is 14.4 Å². The van der Waals surface area contributed by atoms with Gasteiger partial charge in [-0.25, -0.2) is 4.98 Å². The maximum absolute atomic E-state index is 11.7. The van der Waals surface area contributed by atoms with Crippen molar-refractivity contribution in [2.45, 2.75) is 19.9 Å². The second-order valence-corrected chi connectivity index (χ2v) is 4.42. The first-order chi connectivity index (χ1) is 9.11. The monoisotopic (exact) mass is 266 g/mol. The summed E-state index contributed by atoms with van der Waals surface area (Å²) >= 11 is 0. The van der Waals surface area contributed by atoms with Gasteiger partial charge >= 0.3 is 0 Å². The Morgan fingerprint density at radius 3 is 2.74 bits per heavy atom. The molecule has 1 aromatic rings. The minimum atomic E-state index is 0.00938. The van der Waals surface area contributed by atoms with E-state index in [0.29, 0.717) is 31.1 Å². The lowest BCUT2D eigenvalue weighted by atomic mass is 10.1. The van der Waals surface area contributed by atoms with Gasteiger partial charge in [-0.1, -0.05) is 0 Å². The zero-order chi connectivity index (χ0) is 14.3. The van der Waals surface area contributed by atoms with Gasteiger partial charge in [0.05, 0.1) is 24.8 Å². The lowest BCUT2D eigenvalue weighted by Crippen LogP contribution is -2.40. The molecule has 1 atom stereocenters. The van der Waals surface area contributed by atoms with Crippen LogP contribution in [0.4, 0.5) is 5.82 Å². The first-order valence-electron chi connectivity index (χ1n) is 6.32. The smallest absolute Gasteiger partial charge is 0.163 e. The highest BCUT2D eigenvalue weighted by atomic mass is 16.5. The van der Waals surface area contributed by atoms with E-state index in [1.807, 2.05) is 11.8 Å². The van der Waals surface area contributed by atoms with E-state index >= 15 is 0 Å². The average Bonchev–Trinajstić information content (AvgIpc) is 2.40. The van der Waals surface area contributed by atoms with Gasteiger partial charge in [0, 0.05) is 27.0 Å². The molecule has 0 fully saturated rings. The van der Waals surface area contributed by atoms with Gasteiger partial charge in [-0.2, -0.15) is 0 Å². The van der Waals surface area contributed by atoms with E-state index < -0.39 is 0 Å². The summed E-state index contributed by atoms with van der Waals surface area (Å²) in [5.74, 6) is 0.701. The quantitative estimate of drug-likeness (QED) is 0.671. The molecule has 0 N–H and O–H groups in total. The summed E-state index contributed by atoms with van der Waals surface area (Å²) in [5.41, 5.74) is 0.626. The second-order valence-electron chi connectivity index (χ2n) is 4.42. The van der Waals surface area contributed by atoms with E-state index in [2.05, 4.69) is 4.98 Å². The van der Waals surface area contributed by atoms with Crippen molar-refractivity contribution in [3.63, 3.8) is 0 Å². The topological polar surface area (TPSA) is 51.7 Å². The zero-order valence-electron chi connectivity index (χ0n) is 12.0. The van der Waals surface area contributed by atoms with E-state index in [-0.39, 0.29) is 11.8 Å². The molecule has 0 aliphatic heterocycles. The molecule has 1 heterocycles. The molecule has 1 unspecified atom stereocenters. The van der Waals surface area contributed by atoms with Gasteiger partial charge in [0.2, 0.25) is 0 Å². The highest BCUT2D eigenvalue weighted by molar-refractivity contribution is 5.98. The van der Waals surface area contributed by atoms with Crippen LogP contribution >= 0.6 is 0 Å². The van der Waals surface area contributed by atoms with Crippen LogP contribution < -0.4 is 4.90 Å². The van der Waals surface area contributed by atoms with Gasteiger partial charge in [-0.15, -0.1) is 0 Å². The third-order valence-corrected chi connectivity index (χ3v) is 2.91. The molecule has 0 aliphatic carbocycles. The number of ether oxygens (including phenoxy) is 2. The predicted molar refractivity (Wildman–Crippen MR) is 74.8 cm³/mol. The fraction of sp³-hybridized carbons (Fsp3) is 0.571. The van der Waals surface area contributed by atoms with E-state index in [1.165, 1.54) is 0 Å². The van der Waals surface area contributed by atoms with Crippen LogP contribution in [0.15, 0.2) is 18.3 Å². The predicted octanol–water partition coefficient (Wildman–Crippen LogP) is 1.77. The SMILES string of the molecule is COCCN(c1ncccc1C(C)=O)C(C)COC. The Labute approximate surface area is 114 Å². The van der Waals surface area contributed by atoms with Crippen LogP contribution in [-0.2, 0) is 9.47 Å². The lowest BCUT2D eigenvalue weighted by molar-refractivity contribution is 0.101. The maximum atomic E-state index is 11.7. The lowest BCUT2D eigenvalue weighted by Gasteiger charge is -2.30. The normalized spacial score (nSPS) is 12.2. The zero-order valence-corrected chi connectivity index (χ0v) is 12.0. The highest BCUT2D eigenvalue weighted by Crippen LogP contribution is 2.20. The van der Waals surface area contributed by atoms with Crippen molar-refractivity contribution in [1.82, 2.24) is 4.98 Å². The average molecular weight is 266 g/mol. The number of nitrogens with zero attached hydrogens (tertiary/aromatic N) is 2. The molecule has 0 bridgehead atoms. The minimum Gasteiger partial charge on any atom is -0.383 e. The van der Waals surface area contributed by atoms with Crippen LogP contribution in [0.5, 0.6) is 0 Å². The molecule has 0 radical (unpaired) electrons. The van der Waals surface area contributed by atoms with Crippen molar-refractivity contribution in [3.8, 4) is 0 Å². The van der Waals surface area contributed by atoms with Crippen LogP contribution in [0, 0.1) is 0 Å². The summed E-state index contributed by atoms with van der Waals surface area (Å²) in [5, 5.41) is 0. The summed E-state index contributed by atoms with van der Waals surface area (Å²) < 4.78 is 10.3. The van der Waals surface area contributed by atoms with E-state index in [0.717, 1.165) is 0 Å². The molecule has 0 aliphatic rings. The van der Waals surface area contributed by atoms with Crippen molar-refractivity contribution in [3.05, 3.63) is 23.9 Å². The fourth-order valence-corrected chi connectivity index (χ4v) is 1.96. The number of anilines is 1. The summed E-state index contributed by atoms with van der Waals surface area (Å²) in [4.78, 5) is 18.1. The Hall–Kier alpha value is -1.46. The Kier molecular flexibility index (Phi) is 6.45. The van der Waals surface area contributed by atoms with E-state index in [1.54, 1.807) is 39.5 Å². The van der Waals surface area contributed by atoms with Gasteiger partial charge in [-0.3, -0.25) is 4.79 Å². The molecule has 19 heavy (non-hydrogen) atoms. The third kappa shape index (κ3) is 4.29. The Bertz CT molecular complexity index is 409. The number of pyridine rings is 1. The number of Topliss-reactive ketones (excluding diaryl/α,β-unsaturated/α-hetero) is 1. The van der Waals surface area contributed by atoms with Gasteiger partial charge in [0.15, 0.2) is 5.78 Å². The Balaban J connectivity index is 3.05. The van der Waals surface area contributed by atoms with Crippen LogP contribution in [0.1, 0.15) is 24.2 Å². The molecule has 0 aromatic carbocycles. The highest BCUT2D eigenvalue weighted by Gasteiger charge is 2.20. The number of rotatable bonds is 8. The summed E-state index contributed by atoms with van der Waals surface area (Å²) in [6, 6.07) is 3.69. The standard InChI is InChI=1S/C14H22N2O3/c1-11(10-19-4)16(8-9-18-3)14-13(12(2)17)6-5-7-15-14/h5-7,11H,8-10H2,1-4H3. The fourth-order valence-electron chi connectivity index (χ4n) is 1.96. The molecule has 0 saturated heterocycles. The molecule has 5 heteroatoms. The number of carbonyl (C=O) groups is 1. The Morgan fingerprint density at radius 1 is 1.42 bits per heavy atom. The van der Waals surface area contributed by atoms with Crippen molar-refractivity contribution >= 4 is 11.6 Å². The molecule has 0 saturated carbocycles. The van der Waals surface area contributed by atoms with E-state index in [9.17, 15) is 4.79 Å². The minimum absolute atomic E-state index is 0.00938. The van der Waals surface area contributed by atoms with Crippen LogP contribution in [0.3, 0.4) is 0 Å². The van der Waals surface area contributed by atoms with Crippen molar-refractivity contribution in [1.29, 1.82) is 0 Å². The molecule has 0 spiro atoms. The van der Waals surface area contributed by atoms with Gasteiger partial charge in [0.1, 0.15) is 5.82 Å². The van der Waals surface area contributed by atoms with Crippen molar-refractivity contribution < 1.29 is 14.3 Å². The molecule has 1 rings (SSSR count). The van der Waals surface area contributed by atoms with Crippen LogP contribution in [0.2, 0.25) is 0 Å². The number of carbonyl (C=O) groups excluding carboxylic acids is 1. The number of aromatic nitrogens is 1. The maximum Gasteiger partial charge on any atom is 0.163 e. The first-order valence-corrected chi connectivity index (χ1v) is 6.32. The molecule has 1 aromatic heterocycles. The molecular weight excluding hydrogens is 244 g/mol. The summed E-state index contributed by atoms with van der Waals surface area (Å²) in [6.45, 7) is 5.39. The van der Waals surface area contributed by atoms with Crippen LogP contribution in [0.25, 0.3) is 0 Å². The van der Waals surface area contributed by atoms with Crippen LogP contribution in [-0.4, -0.2) is 50.8 Å². The number of ketones is 1. The second kappa shape index (κ2) is 7.86. The molecule has 0 amide bonds.